The molecule has 3 atom stereocenters. The fourth-order valence-corrected chi connectivity index (χ4v) is 4.52. The number of methoxy groups -OCH3 is 1. The van der Waals surface area contributed by atoms with Crippen LogP contribution in [0.1, 0.15) is 18.1 Å². The van der Waals surface area contributed by atoms with Gasteiger partial charge in [-0.2, -0.15) is 0 Å². The third-order valence-electron chi connectivity index (χ3n) is 5.92. The Kier molecular flexibility index (Phi) is 7.87. The number of pyridine rings is 1. The first-order valence-electron chi connectivity index (χ1n) is 10.9. The van der Waals surface area contributed by atoms with Gasteiger partial charge >= 0.3 is 6.03 Å². The Bertz CT molecular complexity index is 1150. The minimum Gasteiger partial charge on any atom is -0.377 e. The minimum atomic E-state index is -0.907. The molecule has 0 bridgehead atoms. The van der Waals surface area contributed by atoms with Gasteiger partial charge in [0.05, 0.1) is 17.5 Å². The fraction of sp³-hybridized carbons (Fsp3) is 0.280. The van der Waals surface area contributed by atoms with E-state index >= 15 is 0 Å². The second kappa shape index (κ2) is 11.0. The monoisotopic (exact) mass is 530 g/mol. The molecule has 1 aliphatic heterocycles. The third-order valence-corrected chi connectivity index (χ3v) is 6.36. The van der Waals surface area contributed by atoms with Crippen LogP contribution in [0.4, 0.5) is 19.3 Å². The topological polar surface area (TPSA) is 75.3 Å². The maximum atomic E-state index is 13.7. The van der Waals surface area contributed by atoms with Gasteiger partial charge in [-0.3, -0.25) is 4.98 Å². The SMILES string of the molecule is COC(C[C@@H]1CNC[C@H]1NC(=O)Nc1cc(Br)cnc1-c1ccccc1)c1ccc(F)c(F)c1. The van der Waals surface area contributed by atoms with Gasteiger partial charge in [-0.05, 0) is 52.0 Å². The van der Waals surface area contributed by atoms with Crippen molar-refractivity contribution in [2.24, 2.45) is 5.92 Å². The van der Waals surface area contributed by atoms with Gasteiger partial charge in [0.25, 0.3) is 0 Å². The summed E-state index contributed by atoms with van der Waals surface area (Å²) in [6.45, 7) is 1.26. The molecule has 34 heavy (non-hydrogen) atoms. The summed E-state index contributed by atoms with van der Waals surface area (Å²) in [5.74, 6) is -1.76. The minimum absolute atomic E-state index is 0.0399. The van der Waals surface area contributed by atoms with Crippen molar-refractivity contribution in [1.82, 2.24) is 15.6 Å². The lowest BCUT2D eigenvalue weighted by atomic mass is 9.93. The molecule has 178 valence electrons. The molecule has 3 N–H and O–H groups in total. The first-order valence-corrected chi connectivity index (χ1v) is 11.7. The molecule has 6 nitrogen and oxygen atoms in total. The van der Waals surface area contributed by atoms with E-state index in [1.165, 1.54) is 13.2 Å². The molecule has 0 spiro atoms. The second-order valence-electron chi connectivity index (χ2n) is 8.17. The lowest BCUT2D eigenvalue weighted by molar-refractivity contribution is 0.0788. The largest absolute Gasteiger partial charge is 0.377 e. The zero-order valence-electron chi connectivity index (χ0n) is 18.5. The number of urea groups is 1. The molecule has 0 radical (unpaired) electrons. The van der Waals surface area contributed by atoms with Crippen molar-refractivity contribution in [2.75, 3.05) is 25.5 Å². The Morgan fingerprint density at radius 3 is 2.71 bits per heavy atom. The first kappa shape index (κ1) is 24.3. The molecule has 1 aromatic heterocycles. The summed E-state index contributed by atoms with van der Waals surface area (Å²) in [5, 5.41) is 9.24. The van der Waals surface area contributed by atoms with Gasteiger partial charge in [0, 0.05) is 42.5 Å². The molecule has 2 aromatic carbocycles. The Balaban J connectivity index is 1.44. The van der Waals surface area contributed by atoms with Crippen LogP contribution in [0.15, 0.2) is 65.3 Å². The van der Waals surface area contributed by atoms with E-state index in [-0.39, 0.29) is 18.0 Å². The summed E-state index contributed by atoms with van der Waals surface area (Å²) in [6, 6.07) is 14.7. The smallest absolute Gasteiger partial charge is 0.319 e. The highest BCUT2D eigenvalue weighted by atomic mass is 79.9. The maximum Gasteiger partial charge on any atom is 0.319 e. The molecule has 1 saturated heterocycles. The van der Waals surface area contributed by atoms with Crippen molar-refractivity contribution in [3.63, 3.8) is 0 Å². The van der Waals surface area contributed by atoms with E-state index in [2.05, 4.69) is 36.9 Å². The van der Waals surface area contributed by atoms with Crippen LogP contribution >= 0.6 is 15.9 Å². The van der Waals surface area contributed by atoms with Crippen molar-refractivity contribution < 1.29 is 18.3 Å². The van der Waals surface area contributed by atoms with Crippen LogP contribution in [-0.2, 0) is 4.74 Å². The van der Waals surface area contributed by atoms with Crippen LogP contribution < -0.4 is 16.0 Å². The van der Waals surface area contributed by atoms with E-state index < -0.39 is 17.7 Å². The summed E-state index contributed by atoms with van der Waals surface area (Å²) in [7, 11) is 1.54. The molecule has 1 unspecified atom stereocenters. The van der Waals surface area contributed by atoms with Crippen LogP contribution in [0.25, 0.3) is 11.3 Å². The number of benzene rings is 2. The molecule has 2 heterocycles. The lowest BCUT2D eigenvalue weighted by Crippen LogP contribution is -2.43. The fourth-order valence-electron chi connectivity index (χ4n) is 4.19. The Morgan fingerprint density at radius 2 is 1.97 bits per heavy atom. The number of aromatic nitrogens is 1. The van der Waals surface area contributed by atoms with Gasteiger partial charge < -0.3 is 20.7 Å². The number of halogens is 3. The highest BCUT2D eigenvalue weighted by Crippen LogP contribution is 2.30. The van der Waals surface area contributed by atoms with Crippen LogP contribution in [-0.4, -0.2) is 37.3 Å². The summed E-state index contributed by atoms with van der Waals surface area (Å²) < 4.78 is 33.4. The Hall–Kier alpha value is -2.88. The Labute approximate surface area is 205 Å². The number of hydrogen-bond donors (Lipinski definition) is 3. The molecule has 1 fully saturated rings. The van der Waals surface area contributed by atoms with E-state index in [4.69, 9.17) is 4.74 Å². The predicted octanol–water partition coefficient (Wildman–Crippen LogP) is 5.28. The van der Waals surface area contributed by atoms with Gasteiger partial charge in [0.2, 0.25) is 0 Å². The average molecular weight is 531 g/mol. The number of nitrogens with one attached hydrogen (secondary N) is 3. The van der Waals surface area contributed by atoms with Crippen molar-refractivity contribution in [2.45, 2.75) is 18.6 Å². The molecular formula is C25H25BrF2N4O2. The van der Waals surface area contributed by atoms with Crippen LogP contribution in [0.2, 0.25) is 0 Å². The molecule has 4 rings (SSSR count). The van der Waals surface area contributed by atoms with Gasteiger partial charge in [-0.15, -0.1) is 0 Å². The summed E-state index contributed by atoms with van der Waals surface area (Å²) in [4.78, 5) is 17.4. The highest BCUT2D eigenvalue weighted by molar-refractivity contribution is 9.10. The van der Waals surface area contributed by atoms with E-state index in [9.17, 15) is 13.6 Å². The van der Waals surface area contributed by atoms with Crippen molar-refractivity contribution >= 4 is 27.6 Å². The Morgan fingerprint density at radius 1 is 1.18 bits per heavy atom. The quantitative estimate of drug-likeness (QED) is 0.388. The summed E-state index contributed by atoms with van der Waals surface area (Å²) in [6.07, 6.45) is 1.80. The van der Waals surface area contributed by atoms with Crippen LogP contribution in [0, 0.1) is 17.6 Å². The van der Waals surface area contributed by atoms with Crippen molar-refractivity contribution in [1.29, 1.82) is 0 Å². The zero-order chi connectivity index (χ0) is 24.1. The molecule has 0 aliphatic carbocycles. The van der Waals surface area contributed by atoms with Gasteiger partial charge in [0.1, 0.15) is 0 Å². The van der Waals surface area contributed by atoms with Crippen molar-refractivity contribution in [3.05, 3.63) is 82.5 Å². The summed E-state index contributed by atoms with van der Waals surface area (Å²) in [5.41, 5.74) is 2.69. The number of carbonyl (C=O) groups excluding carboxylic acids is 1. The molecule has 1 aliphatic rings. The van der Waals surface area contributed by atoms with E-state index in [1.807, 2.05) is 36.4 Å². The van der Waals surface area contributed by atoms with E-state index in [1.54, 1.807) is 6.20 Å². The number of carbonyl (C=O) groups is 1. The molecular weight excluding hydrogens is 506 g/mol. The van der Waals surface area contributed by atoms with Gasteiger partial charge in [-0.25, -0.2) is 13.6 Å². The zero-order valence-corrected chi connectivity index (χ0v) is 20.1. The van der Waals surface area contributed by atoms with E-state index in [0.29, 0.717) is 36.5 Å². The number of amides is 2. The molecule has 0 saturated carbocycles. The third kappa shape index (κ3) is 5.78. The standard InChI is InChI=1S/C25H25BrF2N4O2/c1-34-23(16-7-8-19(27)20(28)9-16)10-17-12-29-14-22(17)32-25(33)31-21-11-18(26)13-30-24(21)15-5-3-2-4-6-15/h2-9,11,13,17,22-23,29H,10,12,14H2,1H3,(H2,31,32,33)/t17-,22-,23?/m1/s1. The first-order chi connectivity index (χ1) is 16.4. The number of hydrogen-bond acceptors (Lipinski definition) is 4. The van der Waals surface area contributed by atoms with Gasteiger partial charge in [0.15, 0.2) is 11.6 Å². The van der Waals surface area contributed by atoms with Crippen molar-refractivity contribution in [3.8, 4) is 11.3 Å². The number of anilines is 1. The van der Waals surface area contributed by atoms with Gasteiger partial charge in [-0.1, -0.05) is 36.4 Å². The summed E-state index contributed by atoms with van der Waals surface area (Å²) >= 11 is 3.41. The normalized spacial score (nSPS) is 18.5. The van der Waals surface area contributed by atoms with Crippen LogP contribution in [0.3, 0.4) is 0 Å². The highest BCUT2D eigenvalue weighted by Gasteiger charge is 2.31. The number of ether oxygens (including phenoxy) is 1. The predicted molar refractivity (Wildman–Crippen MR) is 130 cm³/mol. The molecule has 3 aromatic rings. The van der Waals surface area contributed by atoms with E-state index in [0.717, 1.165) is 22.2 Å². The second-order valence-corrected chi connectivity index (χ2v) is 9.09. The maximum absolute atomic E-state index is 13.7. The average Bonchev–Trinajstić information content (AvgIpc) is 3.26. The molecule has 2 amide bonds. The van der Waals surface area contributed by atoms with Crippen LogP contribution in [0.5, 0.6) is 0 Å². The molecule has 9 heteroatoms. The number of rotatable bonds is 7. The lowest BCUT2D eigenvalue weighted by Gasteiger charge is -2.25. The number of nitrogens with zero attached hydrogens (tertiary/aromatic N) is 1.